The van der Waals surface area contributed by atoms with Gasteiger partial charge in [-0.05, 0) is 6.07 Å². The van der Waals surface area contributed by atoms with E-state index < -0.39 is 0 Å². The molecule has 14 heavy (non-hydrogen) atoms. The molecule has 0 bridgehead atoms. The summed E-state index contributed by atoms with van der Waals surface area (Å²) in [5, 5.41) is 6.45. The highest BCUT2D eigenvalue weighted by Crippen LogP contribution is 2.34. The van der Waals surface area contributed by atoms with Gasteiger partial charge in [0.1, 0.15) is 0 Å². The van der Waals surface area contributed by atoms with E-state index in [9.17, 15) is 0 Å². The summed E-state index contributed by atoms with van der Waals surface area (Å²) in [5.41, 5.74) is 8.53. The molecule has 1 aromatic rings. The maximum absolute atomic E-state index is 5.85. The zero-order valence-corrected chi connectivity index (χ0v) is 7.57. The van der Waals surface area contributed by atoms with Crippen LogP contribution in [0.5, 0.6) is 0 Å². The number of nitrogen functional groups attached to an aromatic ring is 1. The normalized spacial score (nSPS) is 27.4. The van der Waals surface area contributed by atoms with Gasteiger partial charge in [0.25, 0.3) is 0 Å². The molecule has 2 aliphatic heterocycles. The largest absolute Gasteiger partial charge is 0.397 e. The number of nitrogens with one attached hydrogen (secondary N) is 2. The zero-order valence-electron chi connectivity index (χ0n) is 7.57. The summed E-state index contributed by atoms with van der Waals surface area (Å²) in [7, 11) is 0. The van der Waals surface area contributed by atoms with Crippen LogP contribution in [0.25, 0.3) is 0 Å². The van der Waals surface area contributed by atoms with Crippen LogP contribution in [0.4, 0.5) is 11.4 Å². The first-order chi connectivity index (χ1) is 6.86. The van der Waals surface area contributed by atoms with Gasteiger partial charge in [-0.25, -0.2) is 0 Å². The monoisotopic (exact) mass is 189 g/mol. The number of nitrogens with zero attached hydrogens (tertiary/aromatic N) is 2. The van der Waals surface area contributed by atoms with Crippen molar-refractivity contribution in [2.45, 2.75) is 12.1 Å². The van der Waals surface area contributed by atoms with Gasteiger partial charge in [-0.15, -0.1) is 0 Å². The van der Waals surface area contributed by atoms with E-state index in [2.05, 4.69) is 20.6 Å². The molecule has 0 amide bonds. The van der Waals surface area contributed by atoms with Gasteiger partial charge in [-0.2, -0.15) is 0 Å². The minimum Gasteiger partial charge on any atom is -0.397 e. The fourth-order valence-corrected chi connectivity index (χ4v) is 1.98. The van der Waals surface area contributed by atoms with Crippen molar-refractivity contribution in [2.24, 2.45) is 4.99 Å². The molecule has 0 saturated heterocycles. The molecule has 0 spiro atoms. The van der Waals surface area contributed by atoms with Gasteiger partial charge in [-0.1, -0.05) is 0 Å². The van der Waals surface area contributed by atoms with Gasteiger partial charge in [0.05, 0.1) is 35.5 Å². The maximum atomic E-state index is 5.85. The molecule has 72 valence electrons. The Morgan fingerprint density at radius 1 is 1.50 bits per heavy atom. The Morgan fingerprint density at radius 3 is 3.36 bits per heavy atom. The second-order valence-electron chi connectivity index (χ2n) is 3.53. The van der Waals surface area contributed by atoms with E-state index in [4.69, 9.17) is 5.73 Å². The molecule has 0 aliphatic carbocycles. The van der Waals surface area contributed by atoms with Crippen LogP contribution in [0.15, 0.2) is 17.3 Å². The SMILES string of the molecule is Nc1ccnc2c1NCC1N=CNC21. The van der Waals surface area contributed by atoms with Crippen LogP contribution < -0.4 is 16.4 Å². The Morgan fingerprint density at radius 2 is 2.43 bits per heavy atom. The van der Waals surface area contributed by atoms with Crippen LogP contribution in [0, 0.1) is 0 Å². The molecule has 3 heterocycles. The van der Waals surface area contributed by atoms with Gasteiger partial charge in [-0.3, -0.25) is 9.98 Å². The molecular formula is C9H11N5. The molecular weight excluding hydrogens is 178 g/mol. The van der Waals surface area contributed by atoms with Crippen LogP contribution in [-0.2, 0) is 0 Å². The first-order valence-electron chi connectivity index (χ1n) is 4.62. The van der Waals surface area contributed by atoms with Crippen LogP contribution >= 0.6 is 0 Å². The molecule has 0 aromatic carbocycles. The van der Waals surface area contributed by atoms with Crippen LogP contribution in [0.2, 0.25) is 0 Å². The topological polar surface area (TPSA) is 75.3 Å². The lowest BCUT2D eigenvalue weighted by Gasteiger charge is -2.27. The lowest BCUT2D eigenvalue weighted by atomic mass is 9.99. The number of aliphatic imine (C=N–C) groups is 1. The van der Waals surface area contributed by atoms with Crippen molar-refractivity contribution >= 4 is 17.7 Å². The van der Waals surface area contributed by atoms with Crippen molar-refractivity contribution in [2.75, 3.05) is 17.6 Å². The highest BCUT2D eigenvalue weighted by atomic mass is 15.2. The zero-order chi connectivity index (χ0) is 9.54. The van der Waals surface area contributed by atoms with E-state index in [0.29, 0.717) is 0 Å². The predicted octanol–water partition coefficient (Wildman–Crippen LogP) is 0.130. The van der Waals surface area contributed by atoms with E-state index in [1.54, 1.807) is 12.5 Å². The Hall–Kier alpha value is -1.78. The third-order valence-corrected chi connectivity index (χ3v) is 2.70. The Balaban J connectivity index is 2.11. The lowest BCUT2D eigenvalue weighted by Crippen LogP contribution is -2.34. The van der Waals surface area contributed by atoms with Crippen molar-refractivity contribution in [3.05, 3.63) is 18.0 Å². The number of aromatic nitrogens is 1. The van der Waals surface area contributed by atoms with Gasteiger partial charge in [0, 0.05) is 12.7 Å². The highest BCUT2D eigenvalue weighted by Gasteiger charge is 2.33. The maximum Gasteiger partial charge on any atom is 0.0956 e. The molecule has 5 nitrogen and oxygen atoms in total. The Labute approximate surface area is 81.4 Å². The summed E-state index contributed by atoms with van der Waals surface area (Å²) in [5.74, 6) is 0. The number of hydrogen-bond acceptors (Lipinski definition) is 5. The summed E-state index contributed by atoms with van der Waals surface area (Å²) in [4.78, 5) is 8.64. The molecule has 1 aromatic heterocycles. The Bertz CT molecular complexity index is 400. The quantitative estimate of drug-likeness (QED) is 0.542. The van der Waals surface area contributed by atoms with E-state index in [0.717, 1.165) is 23.6 Å². The van der Waals surface area contributed by atoms with Crippen molar-refractivity contribution < 1.29 is 0 Å². The van der Waals surface area contributed by atoms with E-state index in [-0.39, 0.29) is 12.1 Å². The summed E-state index contributed by atoms with van der Waals surface area (Å²) in [6, 6.07) is 2.24. The lowest BCUT2D eigenvalue weighted by molar-refractivity contribution is 0.538. The second kappa shape index (κ2) is 2.60. The molecule has 0 radical (unpaired) electrons. The molecule has 3 rings (SSSR count). The number of fused-ring (bicyclic) bond motifs is 3. The number of nitrogens with two attached hydrogens (primary N) is 1. The molecule has 0 fully saturated rings. The number of rotatable bonds is 0. The molecule has 0 saturated carbocycles. The number of anilines is 2. The first-order valence-corrected chi connectivity index (χ1v) is 4.62. The molecule has 4 N–H and O–H groups in total. The molecule has 2 aliphatic rings. The summed E-state index contributed by atoms with van der Waals surface area (Å²) in [6.07, 6.45) is 3.48. The minimum absolute atomic E-state index is 0.190. The number of hydrogen-bond donors (Lipinski definition) is 3. The third-order valence-electron chi connectivity index (χ3n) is 2.70. The van der Waals surface area contributed by atoms with E-state index in [1.165, 1.54) is 0 Å². The first kappa shape index (κ1) is 7.61. The third kappa shape index (κ3) is 0.891. The minimum atomic E-state index is 0.190. The van der Waals surface area contributed by atoms with Gasteiger partial charge >= 0.3 is 0 Å². The fourth-order valence-electron chi connectivity index (χ4n) is 1.98. The van der Waals surface area contributed by atoms with Crippen molar-refractivity contribution in [1.29, 1.82) is 0 Å². The van der Waals surface area contributed by atoms with E-state index >= 15 is 0 Å². The second-order valence-corrected chi connectivity index (χ2v) is 3.53. The average molecular weight is 189 g/mol. The van der Waals surface area contributed by atoms with Crippen LogP contribution in [0.1, 0.15) is 11.7 Å². The van der Waals surface area contributed by atoms with Crippen LogP contribution in [-0.4, -0.2) is 23.9 Å². The van der Waals surface area contributed by atoms with Crippen molar-refractivity contribution in [1.82, 2.24) is 10.3 Å². The molecule has 2 atom stereocenters. The summed E-state index contributed by atoms with van der Waals surface area (Å²) < 4.78 is 0. The average Bonchev–Trinajstić information content (AvgIpc) is 2.66. The number of pyridine rings is 1. The van der Waals surface area contributed by atoms with E-state index in [1.807, 2.05) is 6.07 Å². The van der Waals surface area contributed by atoms with Gasteiger partial charge < -0.3 is 16.4 Å². The fraction of sp³-hybridized carbons (Fsp3) is 0.333. The molecule has 5 heteroatoms. The standard InChI is InChI=1S/C9H11N5/c10-5-1-2-11-9-7(5)12-3-6-8(9)14-4-13-6/h1-2,4,6,8,12H,3H2,(H2,10,11)(H,13,14). The summed E-state index contributed by atoms with van der Waals surface area (Å²) in [6.45, 7) is 0.817. The summed E-state index contributed by atoms with van der Waals surface area (Å²) >= 11 is 0. The molecule has 2 unspecified atom stereocenters. The smallest absolute Gasteiger partial charge is 0.0956 e. The van der Waals surface area contributed by atoms with Crippen molar-refractivity contribution in [3.63, 3.8) is 0 Å². The van der Waals surface area contributed by atoms with Gasteiger partial charge in [0.2, 0.25) is 0 Å². The van der Waals surface area contributed by atoms with Crippen LogP contribution in [0.3, 0.4) is 0 Å². The highest BCUT2D eigenvalue weighted by molar-refractivity contribution is 5.72. The Kier molecular flexibility index (Phi) is 1.41. The predicted molar refractivity (Wildman–Crippen MR) is 55.3 cm³/mol. The van der Waals surface area contributed by atoms with Crippen molar-refractivity contribution in [3.8, 4) is 0 Å². The van der Waals surface area contributed by atoms with Gasteiger partial charge in [0.15, 0.2) is 0 Å².